The summed E-state index contributed by atoms with van der Waals surface area (Å²) in [4.78, 5) is 0. The van der Waals surface area contributed by atoms with Crippen molar-refractivity contribution in [1.29, 1.82) is 0 Å². The van der Waals surface area contributed by atoms with Gasteiger partial charge in [-0.3, -0.25) is 0 Å². The molecule has 0 saturated heterocycles. The number of rotatable bonds is 2. The van der Waals surface area contributed by atoms with Crippen LogP contribution in [0.25, 0.3) is 0 Å². The molecule has 2 rings (SSSR count). The molecule has 0 unspecified atom stereocenters. The molecule has 0 radical (unpaired) electrons. The molecule has 12 heteroatoms. The monoisotopic (exact) mass is 468 g/mol. The van der Waals surface area contributed by atoms with Crippen molar-refractivity contribution in [3.8, 4) is 0 Å². The van der Waals surface area contributed by atoms with Crippen LogP contribution in [0, 0.1) is 65.3 Å². The summed E-state index contributed by atoms with van der Waals surface area (Å²) in [6.45, 7) is 0. The van der Waals surface area contributed by atoms with Gasteiger partial charge in [-0.1, -0.05) is 0 Å². The fraction of sp³-hybridized carbons (Fsp3) is 0. The van der Waals surface area contributed by atoms with Gasteiger partial charge in [-0.15, -0.1) is 0 Å². The Bertz CT molecular complexity index is 697. The van der Waals surface area contributed by atoms with Crippen LogP contribution in [-0.2, 0) is 0 Å². The first-order chi connectivity index (χ1) is 10.6. The minimum absolute atomic E-state index is 0. The Morgan fingerprint density at radius 3 is 0.708 bits per heavy atom. The molecule has 0 heterocycles. The summed E-state index contributed by atoms with van der Waals surface area (Å²) in [7, 11) is 0. The number of hydrogen-bond acceptors (Lipinski definition) is 0. The van der Waals surface area contributed by atoms with Gasteiger partial charge >= 0.3 is 149 Å². The molecule has 0 bridgehead atoms. The Balaban J connectivity index is 0.00000288. The molecule has 126 valence electrons. The van der Waals surface area contributed by atoms with Crippen LogP contribution in [0.2, 0.25) is 0 Å². The van der Waals surface area contributed by atoms with Crippen LogP contribution in [0.1, 0.15) is 0 Å². The standard InChI is InChI=1S/C12F10I.Li/c13-1-3(15)7(19)11(8(20)4(1)16)23-12-9(21)5(17)2(14)6(18)10(12)22;/q-1;+1. The van der Waals surface area contributed by atoms with Crippen molar-refractivity contribution < 1.29 is 84.0 Å². The summed E-state index contributed by atoms with van der Waals surface area (Å²) in [5, 5.41) is 0. The van der Waals surface area contributed by atoms with Gasteiger partial charge in [0.15, 0.2) is 0 Å². The van der Waals surface area contributed by atoms with Gasteiger partial charge in [0, 0.05) is 0 Å². The number of halogens is 11. The third-order valence-electron chi connectivity index (χ3n) is 2.50. The topological polar surface area (TPSA) is 0 Å². The predicted molar refractivity (Wildman–Crippen MR) is 49.9 cm³/mol. The minimum atomic E-state index is -2.94. The smallest absolute Gasteiger partial charge is 1.00 e. The van der Waals surface area contributed by atoms with Crippen LogP contribution in [-0.4, -0.2) is 0 Å². The maximum Gasteiger partial charge on any atom is 1.00 e. The van der Waals surface area contributed by atoms with E-state index in [1.165, 1.54) is 0 Å². The molecule has 2 aromatic rings. The molecule has 0 fully saturated rings. The third-order valence-corrected chi connectivity index (χ3v) is 5.47. The Morgan fingerprint density at radius 1 is 0.333 bits per heavy atom. The fourth-order valence-electron chi connectivity index (χ4n) is 1.42. The van der Waals surface area contributed by atoms with E-state index in [9.17, 15) is 43.9 Å². The molecular weight excluding hydrogens is 468 g/mol. The summed E-state index contributed by atoms with van der Waals surface area (Å²) < 4.78 is 128. The summed E-state index contributed by atoms with van der Waals surface area (Å²) in [6.07, 6.45) is 0. The van der Waals surface area contributed by atoms with Gasteiger partial charge in [-0.25, -0.2) is 0 Å². The van der Waals surface area contributed by atoms with Crippen molar-refractivity contribution in [2.75, 3.05) is 0 Å². The Labute approximate surface area is 149 Å². The average Bonchev–Trinajstić information content (AvgIpc) is 2.54. The maximum absolute atomic E-state index is 13.4. The van der Waals surface area contributed by atoms with Crippen molar-refractivity contribution in [2.45, 2.75) is 0 Å². The molecule has 24 heavy (non-hydrogen) atoms. The van der Waals surface area contributed by atoms with Crippen LogP contribution in [0.4, 0.5) is 43.9 Å². The van der Waals surface area contributed by atoms with E-state index in [-0.39, 0.29) is 18.9 Å². The van der Waals surface area contributed by atoms with Gasteiger partial charge < -0.3 is 0 Å². The van der Waals surface area contributed by atoms with Crippen LogP contribution in [0.5, 0.6) is 0 Å². The molecule has 0 aliphatic carbocycles. The maximum atomic E-state index is 13.4. The van der Waals surface area contributed by atoms with Crippen molar-refractivity contribution in [3.05, 3.63) is 65.3 Å². The first-order valence-electron chi connectivity index (χ1n) is 5.27. The average molecular weight is 468 g/mol. The van der Waals surface area contributed by atoms with E-state index in [0.717, 1.165) is 0 Å². The van der Waals surface area contributed by atoms with Crippen molar-refractivity contribution in [1.82, 2.24) is 0 Å². The zero-order chi connectivity index (χ0) is 17.6. The van der Waals surface area contributed by atoms with E-state index >= 15 is 0 Å². The van der Waals surface area contributed by atoms with E-state index in [2.05, 4.69) is 0 Å². The Hall–Kier alpha value is -0.933. The van der Waals surface area contributed by atoms with Gasteiger partial charge in [0.1, 0.15) is 0 Å². The van der Waals surface area contributed by atoms with E-state index in [4.69, 9.17) is 0 Å². The third kappa shape index (κ3) is 3.25. The van der Waals surface area contributed by atoms with Crippen molar-refractivity contribution in [2.24, 2.45) is 0 Å². The molecule has 0 atom stereocenters. The second-order valence-corrected chi connectivity index (χ2v) is 6.56. The largest absolute Gasteiger partial charge is 1.00 e. The van der Waals surface area contributed by atoms with E-state index < -0.39 is 86.5 Å². The summed E-state index contributed by atoms with van der Waals surface area (Å²) in [5.41, 5.74) is 0. The van der Waals surface area contributed by atoms with Gasteiger partial charge in [0.25, 0.3) is 0 Å². The van der Waals surface area contributed by atoms with Crippen LogP contribution >= 0.6 is 0 Å². The second-order valence-electron chi connectivity index (χ2n) is 3.86. The molecule has 0 aliphatic rings. The Kier molecular flexibility index (Phi) is 6.62. The summed E-state index contributed by atoms with van der Waals surface area (Å²) >= 11 is -2.94. The first-order valence-corrected chi connectivity index (χ1v) is 7.43. The van der Waals surface area contributed by atoms with Crippen LogP contribution in [0.15, 0.2) is 0 Å². The molecule has 0 saturated carbocycles. The molecule has 0 amide bonds. The summed E-state index contributed by atoms with van der Waals surface area (Å²) in [6, 6.07) is 0. The molecule has 0 N–H and O–H groups in total. The molecule has 0 aromatic heterocycles. The van der Waals surface area contributed by atoms with Gasteiger partial charge in [-0.05, 0) is 0 Å². The van der Waals surface area contributed by atoms with E-state index in [1.54, 1.807) is 0 Å². The molecular formula is C12F10ILi. The molecule has 0 spiro atoms. The summed E-state index contributed by atoms with van der Waals surface area (Å²) in [5.74, 6) is -24.1. The predicted octanol–water partition coefficient (Wildman–Crippen LogP) is -1.79. The van der Waals surface area contributed by atoms with E-state index in [0.29, 0.717) is 0 Å². The van der Waals surface area contributed by atoms with Gasteiger partial charge in [0.2, 0.25) is 0 Å². The van der Waals surface area contributed by atoms with Crippen LogP contribution in [0.3, 0.4) is 0 Å². The van der Waals surface area contributed by atoms with Crippen LogP contribution < -0.4 is 40.1 Å². The molecule has 0 aliphatic heterocycles. The van der Waals surface area contributed by atoms with Crippen molar-refractivity contribution >= 4 is 0 Å². The minimum Gasteiger partial charge on any atom is 1.00 e. The van der Waals surface area contributed by atoms with Gasteiger partial charge in [-0.2, -0.15) is 0 Å². The van der Waals surface area contributed by atoms with Gasteiger partial charge in [0.05, 0.1) is 0 Å². The first kappa shape index (κ1) is 21.1. The molecule has 2 aromatic carbocycles. The number of hydrogen-bond donors (Lipinski definition) is 0. The molecule has 0 nitrogen and oxygen atoms in total. The van der Waals surface area contributed by atoms with E-state index in [1.807, 2.05) is 0 Å². The normalized spacial score (nSPS) is 10.9. The zero-order valence-corrected chi connectivity index (χ0v) is 13.3. The second kappa shape index (κ2) is 7.53. The zero-order valence-electron chi connectivity index (χ0n) is 11.2. The SMILES string of the molecule is Fc1c(F)c(F)c([I-]c2c(F)c(F)c(F)c(F)c2F)c(F)c1F.[Li+]. The fourth-order valence-corrected chi connectivity index (χ4v) is 3.85. The quantitative estimate of drug-likeness (QED) is 0.161. The Morgan fingerprint density at radius 2 is 0.500 bits per heavy atom. The number of benzene rings is 2. The van der Waals surface area contributed by atoms with Crippen molar-refractivity contribution in [3.63, 3.8) is 0 Å².